The molecule has 2 aromatic heterocycles. The van der Waals surface area contributed by atoms with Crippen molar-refractivity contribution in [2.45, 2.75) is 47.7 Å². The van der Waals surface area contributed by atoms with E-state index in [4.69, 9.17) is 11.6 Å². The van der Waals surface area contributed by atoms with Crippen molar-refractivity contribution in [1.29, 1.82) is 0 Å². The lowest BCUT2D eigenvalue weighted by molar-refractivity contribution is -0.116. The first kappa shape index (κ1) is 20.0. The van der Waals surface area contributed by atoms with Gasteiger partial charge in [0.2, 0.25) is 5.91 Å². The number of aromatic amines is 1. The van der Waals surface area contributed by atoms with E-state index in [1.54, 1.807) is 10.8 Å². The van der Waals surface area contributed by atoms with Crippen LogP contribution in [-0.4, -0.2) is 20.7 Å². The summed E-state index contributed by atoms with van der Waals surface area (Å²) in [7, 11) is 0. The number of aromatic nitrogens is 3. The monoisotopic (exact) mass is 376 g/mol. The summed E-state index contributed by atoms with van der Waals surface area (Å²) in [6.45, 7) is 10.6. The van der Waals surface area contributed by atoms with Crippen molar-refractivity contribution in [1.82, 2.24) is 20.1 Å². The van der Waals surface area contributed by atoms with Gasteiger partial charge in [-0.2, -0.15) is 5.10 Å². The summed E-state index contributed by atoms with van der Waals surface area (Å²) in [4.78, 5) is 26.8. The van der Waals surface area contributed by atoms with E-state index in [1.165, 1.54) is 6.08 Å². The molecule has 26 heavy (non-hydrogen) atoms. The van der Waals surface area contributed by atoms with Crippen molar-refractivity contribution in [3.8, 4) is 0 Å². The van der Waals surface area contributed by atoms with Gasteiger partial charge in [-0.1, -0.05) is 25.4 Å². The molecule has 2 aromatic rings. The molecule has 2 rings (SSSR count). The van der Waals surface area contributed by atoms with Crippen molar-refractivity contribution >= 4 is 23.6 Å². The van der Waals surface area contributed by atoms with Gasteiger partial charge in [0.25, 0.3) is 5.56 Å². The number of carbonyl (C=O) groups excluding carboxylic acids is 1. The predicted octanol–water partition coefficient (Wildman–Crippen LogP) is 3.14. The number of nitrogens with zero attached hydrogens (tertiary/aromatic N) is 2. The van der Waals surface area contributed by atoms with Crippen LogP contribution in [0.25, 0.3) is 6.08 Å². The van der Waals surface area contributed by atoms with Crippen LogP contribution in [0, 0.1) is 26.7 Å². The third kappa shape index (κ3) is 4.85. The van der Waals surface area contributed by atoms with Gasteiger partial charge in [0.05, 0.1) is 5.69 Å². The molecule has 7 heteroatoms. The first-order chi connectivity index (χ1) is 12.2. The highest BCUT2D eigenvalue weighted by Crippen LogP contribution is 2.22. The van der Waals surface area contributed by atoms with Crippen molar-refractivity contribution in [3.63, 3.8) is 0 Å². The highest BCUT2D eigenvalue weighted by atomic mass is 35.5. The summed E-state index contributed by atoms with van der Waals surface area (Å²) in [5.74, 6) is 0.124. The Labute approximate surface area is 158 Å². The quantitative estimate of drug-likeness (QED) is 0.760. The second kappa shape index (κ2) is 8.36. The lowest BCUT2D eigenvalue weighted by atomic mass is 10.1. The topological polar surface area (TPSA) is 79.8 Å². The number of carbonyl (C=O) groups is 1. The Morgan fingerprint density at radius 2 is 2.08 bits per heavy atom. The van der Waals surface area contributed by atoms with Crippen molar-refractivity contribution in [2.24, 2.45) is 5.92 Å². The molecule has 0 aliphatic rings. The van der Waals surface area contributed by atoms with Gasteiger partial charge < -0.3 is 10.3 Å². The second-order valence-electron chi connectivity index (χ2n) is 6.86. The number of nitrogens with one attached hydrogen (secondary N) is 2. The van der Waals surface area contributed by atoms with Crippen molar-refractivity contribution < 1.29 is 4.79 Å². The fourth-order valence-electron chi connectivity index (χ4n) is 2.72. The largest absolute Gasteiger partial charge is 0.348 e. The van der Waals surface area contributed by atoms with Crippen LogP contribution in [0.2, 0.25) is 5.15 Å². The van der Waals surface area contributed by atoms with E-state index in [9.17, 15) is 9.59 Å². The Balaban J connectivity index is 2.07. The van der Waals surface area contributed by atoms with E-state index in [2.05, 4.69) is 29.2 Å². The minimum Gasteiger partial charge on any atom is -0.348 e. The van der Waals surface area contributed by atoms with Crippen LogP contribution in [0.4, 0.5) is 0 Å². The van der Waals surface area contributed by atoms with Crippen LogP contribution in [-0.2, 0) is 17.9 Å². The highest BCUT2D eigenvalue weighted by Gasteiger charge is 2.12. The Kier molecular flexibility index (Phi) is 6.42. The molecule has 140 valence electrons. The molecule has 0 spiro atoms. The molecule has 6 nitrogen and oxygen atoms in total. The third-order valence-electron chi connectivity index (χ3n) is 3.98. The minimum atomic E-state index is -0.295. The van der Waals surface area contributed by atoms with Gasteiger partial charge in [0.1, 0.15) is 5.15 Å². The number of pyridine rings is 1. The number of halogens is 1. The molecule has 1 amide bonds. The zero-order valence-corrected chi connectivity index (χ0v) is 16.6. The van der Waals surface area contributed by atoms with Crippen LogP contribution in [0.1, 0.15) is 41.9 Å². The molecule has 0 radical (unpaired) electrons. The molecule has 2 heterocycles. The van der Waals surface area contributed by atoms with Crippen LogP contribution in [0.5, 0.6) is 0 Å². The summed E-state index contributed by atoms with van der Waals surface area (Å²) < 4.78 is 1.74. The van der Waals surface area contributed by atoms with E-state index in [-0.39, 0.29) is 18.0 Å². The number of hydrogen-bond donors (Lipinski definition) is 2. The zero-order chi connectivity index (χ0) is 19.4. The maximum atomic E-state index is 12.1. The van der Waals surface area contributed by atoms with Crippen LogP contribution < -0.4 is 10.9 Å². The molecule has 0 aliphatic heterocycles. The average molecular weight is 377 g/mol. The Bertz CT molecular complexity index is 894. The lowest BCUT2D eigenvalue weighted by Crippen LogP contribution is -2.26. The molecule has 0 atom stereocenters. The van der Waals surface area contributed by atoms with Gasteiger partial charge in [-0.25, -0.2) is 0 Å². The SMILES string of the molecule is Cc1cc(C)c(CNC(=O)/C=C/c2c(C)nn(CC(C)C)c2Cl)c(=O)[nH]1. The Morgan fingerprint density at radius 3 is 2.69 bits per heavy atom. The molecule has 0 fully saturated rings. The summed E-state index contributed by atoms with van der Waals surface area (Å²) in [5, 5.41) is 7.66. The molecule has 0 saturated heterocycles. The maximum absolute atomic E-state index is 12.1. The number of rotatable bonds is 6. The van der Waals surface area contributed by atoms with E-state index in [0.717, 1.165) is 29.1 Å². The van der Waals surface area contributed by atoms with Gasteiger partial charge >= 0.3 is 0 Å². The molecular weight excluding hydrogens is 352 g/mol. The van der Waals surface area contributed by atoms with Gasteiger partial charge in [-0.05, 0) is 44.4 Å². The molecular formula is C19H25ClN4O2. The molecule has 0 bridgehead atoms. The number of aryl methyl sites for hydroxylation is 3. The zero-order valence-electron chi connectivity index (χ0n) is 15.8. The summed E-state index contributed by atoms with van der Waals surface area (Å²) in [6, 6.07) is 1.88. The number of H-pyrrole nitrogens is 1. The summed E-state index contributed by atoms with van der Waals surface area (Å²) in [5.41, 5.74) is 3.52. The maximum Gasteiger partial charge on any atom is 0.253 e. The third-order valence-corrected chi connectivity index (χ3v) is 4.38. The number of hydrogen-bond acceptors (Lipinski definition) is 3. The first-order valence-corrected chi connectivity index (χ1v) is 8.95. The smallest absolute Gasteiger partial charge is 0.253 e. The first-order valence-electron chi connectivity index (χ1n) is 8.57. The van der Waals surface area contributed by atoms with Crippen molar-refractivity contribution in [3.05, 3.63) is 55.7 Å². The fourth-order valence-corrected chi connectivity index (χ4v) is 3.02. The molecule has 0 unspecified atom stereocenters. The molecule has 0 saturated carbocycles. The van der Waals surface area contributed by atoms with Crippen LogP contribution >= 0.6 is 11.6 Å². The van der Waals surface area contributed by atoms with E-state index in [0.29, 0.717) is 16.6 Å². The van der Waals surface area contributed by atoms with E-state index in [1.807, 2.05) is 26.8 Å². The summed E-state index contributed by atoms with van der Waals surface area (Å²) >= 11 is 6.36. The number of amides is 1. The highest BCUT2D eigenvalue weighted by molar-refractivity contribution is 6.31. The Hall–Kier alpha value is -2.34. The predicted molar refractivity (Wildman–Crippen MR) is 104 cm³/mol. The van der Waals surface area contributed by atoms with Gasteiger partial charge in [0, 0.05) is 36.0 Å². The van der Waals surface area contributed by atoms with Gasteiger partial charge in [0.15, 0.2) is 0 Å². The molecule has 0 aliphatic carbocycles. The van der Waals surface area contributed by atoms with Crippen LogP contribution in [0.3, 0.4) is 0 Å². The lowest BCUT2D eigenvalue weighted by Gasteiger charge is -2.06. The van der Waals surface area contributed by atoms with Crippen LogP contribution in [0.15, 0.2) is 16.9 Å². The fraction of sp³-hybridized carbons (Fsp3) is 0.421. The molecule has 0 aromatic carbocycles. The average Bonchev–Trinajstić information content (AvgIpc) is 2.77. The summed E-state index contributed by atoms with van der Waals surface area (Å²) in [6.07, 6.45) is 3.07. The Morgan fingerprint density at radius 1 is 1.38 bits per heavy atom. The van der Waals surface area contributed by atoms with Gasteiger partial charge in [-0.3, -0.25) is 14.3 Å². The van der Waals surface area contributed by atoms with E-state index < -0.39 is 0 Å². The second-order valence-corrected chi connectivity index (χ2v) is 7.22. The minimum absolute atomic E-state index is 0.171. The van der Waals surface area contributed by atoms with Crippen molar-refractivity contribution in [2.75, 3.05) is 0 Å². The normalized spacial score (nSPS) is 11.5. The molecule has 2 N–H and O–H groups in total. The van der Waals surface area contributed by atoms with E-state index >= 15 is 0 Å². The van der Waals surface area contributed by atoms with Gasteiger partial charge in [-0.15, -0.1) is 0 Å². The standard InChI is InChI=1S/C19H25ClN4O2/c1-11(2)10-24-18(20)15(14(5)23-24)6-7-17(25)21-9-16-12(3)8-13(4)22-19(16)26/h6-8,11H,9-10H2,1-5H3,(H,21,25)(H,22,26)/b7-6+.